The van der Waals surface area contributed by atoms with Gasteiger partial charge in [0.25, 0.3) is 0 Å². The van der Waals surface area contributed by atoms with Crippen LogP contribution in [0, 0.1) is 5.92 Å². The summed E-state index contributed by atoms with van der Waals surface area (Å²) in [6, 6.07) is 2.13. The van der Waals surface area contributed by atoms with E-state index in [0.717, 1.165) is 32.4 Å². The van der Waals surface area contributed by atoms with Gasteiger partial charge < -0.3 is 4.90 Å². The first kappa shape index (κ1) is 13.6. The average Bonchev–Trinajstić information content (AvgIpc) is 2.91. The van der Waals surface area contributed by atoms with Crippen molar-refractivity contribution in [2.24, 2.45) is 5.92 Å². The average molecular weight is 265 g/mol. The van der Waals surface area contributed by atoms with Crippen molar-refractivity contribution in [3.8, 4) is 0 Å². The normalized spacial score (nSPS) is 16.7. The van der Waals surface area contributed by atoms with E-state index in [2.05, 4.69) is 28.7 Å². The maximum atomic E-state index is 12.5. The van der Waals surface area contributed by atoms with Gasteiger partial charge in [-0.15, -0.1) is 0 Å². The Morgan fingerprint density at radius 3 is 2.78 bits per heavy atom. The number of carbonyl (C=O) groups is 1. The number of hydrogen-bond acceptors (Lipinski definition) is 2. The predicted octanol–water partition coefficient (Wildman–Crippen LogP) is 4.07. The Bertz CT molecular complexity index is 355. The Balaban J connectivity index is 1.97. The van der Waals surface area contributed by atoms with E-state index in [0.29, 0.717) is 11.8 Å². The van der Waals surface area contributed by atoms with Gasteiger partial charge in [-0.2, -0.15) is 11.3 Å². The van der Waals surface area contributed by atoms with Crippen LogP contribution >= 0.6 is 11.3 Å². The van der Waals surface area contributed by atoms with E-state index in [-0.39, 0.29) is 0 Å². The van der Waals surface area contributed by atoms with Crippen molar-refractivity contribution >= 4 is 17.2 Å². The molecule has 0 bridgehead atoms. The first-order valence-corrected chi connectivity index (χ1v) is 8.05. The highest BCUT2D eigenvalue weighted by molar-refractivity contribution is 7.07. The summed E-state index contributed by atoms with van der Waals surface area (Å²) in [5.41, 5.74) is 1.28. The van der Waals surface area contributed by atoms with Crippen LogP contribution in [0.4, 0.5) is 0 Å². The molecule has 0 unspecified atom stereocenters. The molecule has 0 spiro atoms. The van der Waals surface area contributed by atoms with Crippen LogP contribution in [0.2, 0.25) is 0 Å². The molecular weight excluding hydrogens is 242 g/mol. The van der Waals surface area contributed by atoms with Crippen molar-refractivity contribution in [3.05, 3.63) is 22.4 Å². The second kappa shape index (κ2) is 6.93. The molecule has 3 heteroatoms. The van der Waals surface area contributed by atoms with Gasteiger partial charge in [0, 0.05) is 19.0 Å². The minimum atomic E-state index is 0.295. The van der Waals surface area contributed by atoms with Crippen LogP contribution in [-0.2, 0) is 11.3 Å². The first-order valence-electron chi connectivity index (χ1n) is 7.11. The van der Waals surface area contributed by atoms with Crippen LogP contribution in [0.25, 0.3) is 0 Å². The molecule has 1 amide bonds. The van der Waals surface area contributed by atoms with E-state index >= 15 is 0 Å². The number of amides is 1. The zero-order valence-electron chi connectivity index (χ0n) is 11.2. The van der Waals surface area contributed by atoms with Crippen molar-refractivity contribution in [2.45, 2.75) is 52.0 Å². The zero-order chi connectivity index (χ0) is 12.8. The predicted molar refractivity (Wildman–Crippen MR) is 76.6 cm³/mol. The minimum absolute atomic E-state index is 0.295. The Hall–Kier alpha value is -0.830. The van der Waals surface area contributed by atoms with E-state index in [1.165, 1.54) is 24.8 Å². The number of nitrogens with zero attached hydrogens (tertiary/aromatic N) is 1. The van der Waals surface area contributed by atoms with Gasteiger partial charge in [0.15, 0.2) is 0 Å². The lowest BCUT2D eigenvalue weighted by atomic mass is 9.88. The number of hydrogen-bond donors (Lipinski definition) is 0. The quantitative estimate of drug-likeness (QED) is 0.786. The van der Waals surface area contributed by atoms with Gasteiger partial charge in [-0.3, -0.25) is 4.79 Å². The summed E-state index contributed by atoms with van der Waals surface area (Å²) in [7, 11) is 0. The van der Waals surface area contributed by atoms with E-state index < -0.39 is 0 Å². The molecule has 2 nitrogen and oxygen atoms in total. The first-order chi connectivity index (χ1) is 8.81. The third-order valence-corrected chi connectivity index (χ3v) is 4.45. The summed E-state index contributed by atoms with van der Waals surface area (Å²) in [6.45, 7) is 3.84. The van der Waals surface area contributed by atoms with Crippen LogP contribution in [0.5, 0.6) is 0 Å². The maximum Gasteiger partial charge on any atom is 0.225 e. The zero-order valence-corrected chi connectivity index (χ0v) is 12.0. The van der Waals surface area contributed by atoms with Gasteiger partial charge in [0.1, 0.15) is 0 Å². The van der Waals surface area contributed by atoms with Gasteiger partial charge in [0.2, 0.25) is 5.91 Å². The van der Waals surface area contributed by atoms with Gasteiger partial charge in [0.05, 0.1) is 0 Å². The summed E-state index contributed by atoms with van der Waals surface area (Å²) in [5, 5.41) is 4.24. The van der Waals surface area contributed by atoms with Crippen LogP contribution < -0.4 is 0 Å². The summed E-state index contributed by atoms with van der Waals surface area (Å²) in [5.74, 6) is 0.687. The molecule has 1 aliphatic rings. The molecule has 100 valence electrons. The van der Waals surface area contributed by atoms with Crippen molar-refractivity contribution in [1.29, 1.82) is 0 Å². The monoisotopic (exact) mass is 265 g/mol. The molecule has 1 aliphatic carbocycles. The minimum Gasteiger partial charge on any atom is -0.338 e. The smallest absolute Gasteiger partial charge is 0.225 e. The molecule has 1 aromatic rings. The Kier molecular flexibility index (Phi) is 5.24. The molecule has 1 fully saturated rings. The summed E-state index contributed by atoms with van der Waals surface area (Å²) < 4.78 is 0. The third kappa shape index (κ3) is 3.58. The molecule has 2 rings (SSSR count). The number of rotatable bonds is 5. The fourth-order valence-electron chi connectivity index (χ4n) is 2.75. The van der Waals surface area contributed by atoms with Crippen LogP contribution in [-0.4, -0.2) is 17.4 Å². The summed E-state index contributed by atoms with van der Waals surface area (Å²) in [4.78, 5) is 14.6. The Labute approximate surface area is 114 Å². The number of thiophene rings is 1. The third-order valence-electron chi connectivity index (χ3n) is 3.71. The largest absolute Gasteiger partial charge is 0.338 e. The second-order valence-electron chi connectivity index (χ2n) is 5.23. The summed E-state index contributed by atoms with van der Waals surface area (Å²) in [6.07, 6.45) is 7.01. The van der Waals surface area contributed by atoms with E-state index in [9.17, 15) is 4.79 Å². The highest BCUT2D eigenvalue weighted by Crippen LogP contribution is 2.26. The van der Waals surface area contributed by atoms with Crippen molar-refractivity contribution < 1.29 is 4.79 Å². The molecule has 0 N–H and O–H groups in total. The highest BCUT2D eigenvalue weighted by Gasteiger charge is 2.25. The SMILES string of the molecule is CCCN(Cc1ccsc1)C(=O)C1CCCCC1. The standard InChI is InChI=1S/C15H23NOS/c1-2-9-16(11-13-8-10-18-12-13)15(17)14-6-4-3-5-7-14/h8,10,12,14H,2-7,9,11H2,1H3. The van der Waals surface area contributed by atoms with Gasteiger partial charge >= 0.3 is 0 Å². The Morgan fingerprint density at radius 2 is 2.17 bits per heavy atom. The van der Waals surface area contributed by atoms with Gasteiger partial charge in [-0.05, 0) is 41.7 Å². The molecule has 18 heavy (non-hydrogen) atoms. The fraction of sp³-hybridized carbons (Fsp3) is 0.667. The molecule has 0 atom stereocenters. The highest BCUT2D eigenvalue weighted by atomic mass is 32.1. The van der Waals surface area contributed by atoms with Crippen LogP contribution in [0.15, 0.2) is 16.8 Å². The second-order valence-corrected chi connectivity index (χ2v) is 6.01. The molecule has 1 aromatic heterocycles. The van der Waals surface area contributed by atoms with E-state index in [1.54, 1.807) is 11.3 Å². The molecule has 0 aliphatic heterocycles. The fourth-order valence-corrected chi connectivity index (χ4v) is 3.41. The van der Waals surface area contributed by atoms with Crippen molar-refractivity contribution in [3.63, 3.8) is 0 Å². The number of carbonyl (C=O) groups excluding carboxylic acids is 1. The van der Waals surface area contributed by atoms with Gasteiger partial charge in [-0.25, -0.2) is 0 Å². The molecule has 1 heterocycles. The molecule has 0 aromatic carbocycles. The van der Waals surface area contributed by atoms with E-state index in [4.69, 9.17) is 0 Å². The molecular formula is C15H23NOS. The lowest BCUT2D eigenvalue weighted by molar-refractivity contribution is -0.137. The lowest BCUT2D eigenvalue weighted by Gasteiger charge is -2.29. The van der Waals surface area contributed by atoms with Crippen LogP contribution in [0.3, 0.4) is 0 Å². The molecule has 0 radical (unpaired) electrons. The Morgan fingerprint density at radius 1 is 1.39 bits per heavy atom. The molecule has 0 saturated heterocycles. The van der Waals surface area contributed by atoms with Crippen molar-refractivity contribution in [2.75, 3.05) is 6.54 Å². The lowest BCUT2D eigenvalue weighted by Crippen LogP contribution is -2.37. The maximum absolute atomic E-state index is 12.5. The van der Waals surface area contributed by atoms with E-state index in [1.807, 2.05) is 0 Å². The topological polar surface area (TPSA) is 20.3 Å². The summed E-state index contributed by atoms with van der Waals surface area (Å²) >= 11 is 1.71. The van der Waals surface area contributed by atoms with Gasteiger partial charge in [-0.1, -0.05) is 26.2 Å². The molecule has 1 saturated carbocycles. The van der Waals surface area contributed by atoms with Crippen molar-refractivity contribution in [1.82, 2.24) is 4.90 Å². The van der Waals surface area contributed by atoms with Crippen LogP contribution in [0.1, 0.15) is 51.0 Å².